The van der Waals surface area contributed by atoms with Gasteiger partial charge in [0.2, 0.25) is 0 Å². The van der Waals surface area contributed by atoms with E-state index in [-0.39, 0.29) is 5.49 Å². The minimum atomic E-state index is 0.259. The molecular weight excluding hydrogens is 471 g/mol. The maximum atomic E-state index is 2.33. The Hall–Kier alpha value is -1.25. The van der Waals surface area contributed by atoms with E-state index in [1.165, 1.54) is 55.7 Å². The second kappa shape index (κ2) is 9.29. The van der Waals surface area contributed by atoms with Crippen LogP contribution >= 0.6 is 0 Å². The van der Waals surface area contributed by atoms with Gasteiger partial charge in [-0.2, -0.15) is 18.2 Å². The number of benzene rings is 2. The second-order valence-electron chi connectivity index (χ2n) is 6.29. The Balaban J connectivity index is 0.000000192. The Kier molecular flexibility index (Phi) is 7.38. The molecule has 4 aromatic rings. The van der Waals surface area contributed by atoms with Gasteiger partial charge in [0.05, 0.1) is 0 Å². The van der Waals surface area contributed by atoms with Crippen LogP contribution in [0.3, 0.4) is 0 Å². The van der Waals surface area contributed by atoms with Crippen LogP contribution in [-0.2, 0) is 23.0 Å². The van der Waals surface area contributed by atoms with Crippen molar-refractivity contribution in [2.24, 2.45) is 0 Å². The molecule has 0 aromatic heterocycles. The molecule has 0 bridgehead atoms. The Morgan fingerprint density at radius 2 is 1.21 bits per heavy atom. The summed E-state index contributed by atoms with van der Waals surface area (Å²) in [6, 6.07) is 25.6. The fraction of sp³-hybridized carbons (Fsp3) is 0.182. The molecule has 0 unspecified atom stereocenters. The van der Waals surface area contributed by atoms with Crippen molar-refractivity contribution in [1.82, 2.24) is 0 Å². The van der Waals surface area contributed by atoms with E-state index in [9.17, 15) is 0 Å². The second-order valence-corrected chi connectivity index (χ2v) is 19.1. The normalized spacial score (nSPS) is 9.92. The largest absolute Gasteiger partial charge is 0.214 e. The fourth-order valence-electron chi connectivity index (χ4n) is 2.55. The number of rotatable bonds is 0. The van der Waals surface area contributed by atoms with Crippen molar-refractivity contribution in [3.05, 3.63) is 83.9 Å². The molecule has 0 radical (unpaired) electrons. The summed E-state index contributed by atoms with van der Waals surface area (Å²) in [6.45, 7) is 8.95. The van der Waals surface area contributed by atoms with Gasteiger partial charge in [-0.05, 0) is 13.8 Å². The van der Waals surface area contributed by atoms with Crippen molar-refractivity contribution < 1.29 is 23.0 Å². The molecule has 0 aliphatic heterocycles. The summed E-state index contributed by atoms with van der Waals surface area (Å²) in [5, 5.41) is 5.46. The van der Waals surface area contributed by atoms with Crippen LogP contribution in [0.2, 0.25) is 13.1 Å². The molecule has 0 nitrogen and oxygen atoms in total. The van der Waals surface area contributed by atoms with Crippen LogP contribution in [0.1, 0.15) is 11.1 Å². The van der Waals surface area contributed by atoms with Crippen LogP contribution in [0, 0.1) is 13.8 Å². The van der Waals surface area contributed by atoms with Gasteiger partial charge in [0, 0.05) is 0 Å². The maximum absolute atomic E-state index is 2.33. The molecule has 4 rings (SSSR count). The average Bonchev–Trinajstić information content (AvgIpc) is 3.18. The monoisotopic (exact) mass is 496 g/mol. The van der Waals surface area contributed by atoms with Gasteiger partial charge in [0.1, 0.15) is 0 Å². The van der Waals surface area contributed by atoms with Crippen LogP contribution in [0.4, 0.5) is 0 Å². The fourth-order valence-corrected chi connectivity index (χ4v) is 2.55. The van der Waals surface area contributed by atoms with Gasteiger partial charge in [-0.25, -0.2) is 12.1 Å². The van der Waals surface area contributed by atoms with E-state index in [1.54, 1.807) is 0 Å². The van der Waals surface area contributed by atoms with Crippen LogP contribution < -0.4 is 0 Å². The summed E-state index contributed by atoms with van der Waals surface area (Å²) in [5.41, 5.74) is 2.92. The minimum absolute atomic E-state index is 0.259. The van der Waals surface area contributed by atoms with Gasteiger partial charge in [-0.15, -0.1) is 39.7 Å². The van der Waals surface area contributed by atoms with E-state index < -0.39 is 0 Å². The molecule has 0 aliphatic rings. The van der Waals surface area contributed by atoms with Crippen LogP contribution in [0.5, 0.6) is 0 Å². The van der Waals surface area contributed by atoms with E-state index in [2.05, 4.69) is 69.4 Å². The average molecular weight is 495 g/mol. The SMILES string of the molecule is C[Si](C)=[Hf+2].Cc1ccc2[cH-]c3ccc(C)cc3c2c1.c1cc[cH-]c1. The zero-order chi connectivity index (χ0) is 17.5. The Labute approximate surface area is 160 Å². The van der Waals surface area contributed by atoms with Crippen LogP contribution in [0.25, 0.3) is 21.5 Å². The number of fused-ring (bicyclic) bond motifs is 3. The molecule has 120 valence electrons. The molecule has 0 heterocycles. The van der Waals surface area contributed by atoms with Crippen LogP contribution in [-0.4, -0.2) is 5.49 Å². The first-order valence-corrected chi connectivity index (χ1v) is 16.1. The standard InChI is InChI=1S/C15H13.C5H5.C2H6Si.Hf/c1-10-3-5-12-9-13-6-4-11(2)8-15(13)14(12)7-10;1-2-4-5-3-1;1-3-2;/h3-9H,1-2H3;1-5H;1-2H3;/q2*-1;;+2. The Morgan fingerprint density at radius 1 is 0.792 bits per heavy atom. The van der Waals surface area contributed by atoms with E-state index in [4.69, 9.17) is 0 Å². The van der Waals surface area contributed by atoms with E-state index in [0.29, 0.717) is 0 Å². The van der Waals surface area contributed by atoms with Gasteiger partial charge in [0.15, 0.2) is 0 Å². The Bertz CT molecular complexity index is 836. The summed E-state index contributed by atoms with van der Waals surface area (Å²) in [4.78, 5) is 0. The topological polar surface area (TPSA) is 0 Å². The smallest absolute Gasteiger partial charge is 0.0410 e. The summed E-state index contributed by atoms with van der Waals surface area (Å²) in [5.74, 6) is 0. The maximum Gasteiger partial charge on any atom is -0.0410 e. The van der Waals surface area contributed by atoms with Crippen molar-refractivity contribution in [3.63, 3.8) is 0 Å². The zero-order valence-electron chi connectivity index (χ0n) is 14.9. The predicted molar refractivity (Wildman–Crippen MR) is 106 cm³/mol. The third kappa shape index (κ3) is 5.68. The number of hydrogen-bond donors (Lipinski definition) is 0. The van der Waals surface area contributed by atoms with E-state index in [0.717, 1.165) is 0 Å². The van der Waals surface area contributed by atoms with Gasteiger partial charge < -0.3 is 0 Å². The van der Waals surface area contributed by atoms with E-state index >= 15 is 0 Å². The molecule has 0 fully saturated rings. The molecule has 24 heavy (non-hydrogen) atoms. The van der Waals surface area contributed by atoms with Gasteiger partial charge in [0.25, 0.3) is 0 Å². The number of aryl methyl sites for hydroxylation is 2. The van der Waals surface area contributed by atoms with Crippen LogP contribution in [0.15, 0.2) is 72.8 Å². The van der Waals surface area contributed by atoms with Gasteiger partial charge in [-0.1, -0.05) is 35.4 Å². The molecule has 0 spiro atoms. The third-order valence-corrected chi connectivity index (χ3v) is 3.57. The van der Waals surface area contributed by atoms with Crippen molar-refractivity contribution in [3.8, 4) is 0 Å². The number of hydrogen-bond acceptors (Lipinski definition) is 0. The molecule has 2 heteroatoms. The van der Waals surface area contributed by atoms with Crippen molar-refractivity contribution in [1.29, 1.82) is 0 Å². The summed E-state index contributed by atoms with van der Waals surface area (Å²) in [7, 11) is 0. The minimum Gasteiger partial charge on any atom is -0.214 e. The first-order valence-electron chi connectivity index (χ1n) is 8.22. The molecular formula is C22H24HfSi. The van der Waals surface area contributed by atoms with Gasteiger partial charge in [-0.3, -0.25) is 0 Å². The molecule has 0 N–H and O–H groups in total. The Morgan fingerprint density at radius 3 is 1.54 bits per heavy atom. The predicted octanol–water partition coefficient (Wildman–Crippen LogP) is 6.52. The van der Waals surface area contributed by atoms with Crippen molar-refractivity contribution in [2.45, 2.75) is 26.9 Å². The molecule has 0 saturated heterocycles. The summed E-state index contributed by atoms with van der Waals surface area (Å²) < 4.78 is 0. The molecule has 0 atom stereocenters. The molecule has 0 aliphatic carbocycles. The molecule has 0 saturated carbocycles. The van der Waals surface area contributed by atoms with E-state index in [1.807, 2.05) is 30.3 Å². The van der Waals surface area contributed by atoms with Crippen molar-refractivity contribution in [2.75, 3.05) is 0 Å². The first kappa shape index (κ1) is 19.1. The summed E-state index contributed by atoms with van der Waals surface area (Å²) in [6.07, 6.45) is 0. The first-order chi connectivity index (χ1) is 11.5. The van der Waals surface area contributed by atoms with Gasteiger partial charge >= 0.3 is 41.6 Å². The zero-order valence-corrected chi connectivity index (χ0v) is 19.5. The summed E-state index contributed by atoms with van der Waals surface area (Å²) >= 11 is 1.45. The van der Waals surface area contributed by atoms with Crippen molar-refractivity contribution >= 4 is 27.0 Å². The quantitative estimate of drug-likeness (QED) is 0.193. The molecule has 0 amide bonds. The molecule has 4 aromatic carbocycles. The third-order valence-electron chi connectivity index (χ3n) is 3.57.